The van der Waals surface area contributed by atoms with Crippen molar-refractivity contribution in [3.05, 3.63) is 35.0 Å². The minimum absolute atomic E-state index is 0.382. The molecule has 2 rings (SSSR count). The molecule has 0 fully saturated rings. The topological polar surface area (TPSA) is 66.2 Å². The standard InChI is InChI=1S/C12H17N3O2/c1-8-12(9(2)15(3)14-8)17-7-11-10(6-13)4-5-16-11/h4-5H,6-7,13H2,1-3H3. The number of rotatable bonds is 4. The highest BCUT2D eigenvalue weighted by atomic mass is 16.5. The lowest BCUT2D eigenvalue weighted by Gasteiger charge is -2.05. The van der Waals surface area contributed by atoms with Crippen molar-refractivity contribution in [3.63, 3.8) is 0 Å². The van der Waals surface area contributed by atoms with E-state index in [2.05, 4.69) is 5.10 Å². The molecule has 0 aromatic carbocycles. The zero-order chi connectivity index (χ0) is 12.4. The van der Waals surface area contributed by atoms with E-state index in [1.165, 1.54) is 0 Å². The van der Waals surface area contributed by atoms with Crippen LogP contribution in [0.3, 0.4) is 0 Å². The predicted octanol–water partition coefficient (Wildman–Crippen LogP) is 1.67. The Balaban J connectivity index is 2.12. The smallest absolute Gasteiger partial charge is 0.163 e. The van der Waals surface area contributed by atoms with Gasteiger partial charge in [0.15, 0.2) is 5.75 Å². The predicted molar refractivity (Wildman–Crippen MR) is 63.6 cm³/mol. The van der Waals surface area contributed by atoms with Crippen molar-refractivity contribution in [3.8, 4) is 5.75 Å². The lowest BCUT2D eigenvalue weighted by molar-refractivity contribution is 0.265. The van der Waals surface area contributed by atoms with E-state index in [9.17, 15) is 0 Å². The summed E-state index contributed by atoms with van der Waals surface area (Å²) in [6.45, 7) is 4.74. The minimum atomic E-state index is 0.382. The van der Waals surface area contributed by atoms with Gasteiger partial charge in [-0.05, 0) is 19.9 Å². The molecule has 5 nitrogen and oxygen atoms in total. The molecule has 2 aromatic heterocycles. The van der Waals surface area contributed by atoms with Crippen molar-refractivity contribution < 1.29 is 9.15 Å². The molecule has 0 saturated carbocycles. The summed E-state index contributed by atoms with van der Waals surface area (Å²) in [4.78, 5) is 0. The van der Waals surface area contributed by atoms with Crippen molar-refractivity contribution in [1.82, 2.24) is 9.78 Å². The molecule has 17 heavy (non-hydrogen) atoms. The van der Waals surface area contributed by atoms with Crippen LogP contribution >= 0.6 is 0 Å². The molecule has 0 spiro atoms. The Morgan fingerprint density at radius 1 is 1.47 bits per heavy atom. The van der Waals surface area contributed by atoms with Gasteiger partial charge in [-0.1, -0.05) is 0 Å². The van der Waals surface area contributed by atoms with Crippen molar-refractivity contribution in [2.75, 3.05) is 0 Å². The SMILES string of the molecule is Cc1nn(C)c(C)c1OCc1occc1CN. The lowest BCUT2D eigenvalue weighted by Crippen LogP contribution is -2.02. The zero-order valence-electron chi connectivity index (χ0n) is 10.4. The van der Waals surface area contributed by atoms with Gasteiger partial charge in [-0.25, -0.2) is 0 Å². The van der Waals surface area contributed by atoms with Crippen LogP contribution in [0.5, 0.6) is 5.75 Å². The van der Waals surface area contributed by atoms with Gasteiger partial charge >= 0.3 is 0 Å². The van der Waals surface area contributed by atoms with Gasteiger partial charge in [0.2, 0.25) is 0 Å². The van der Waals surface area contributed by atoms with Gasteiger partial charge in [0, 0.05) is 19.2 Å². The van der Waals surface area contributed by atoms with Crippen LogP contribution in [0.15, 0.2) is 16.7 Å². The van der Waals surface area contributed by atoms with Gasteiger partial charge in [-0.15, -0.1) is 0 Å². The van der Waals surface area contributed by atoms with E-state index in [1.54, 1.807) is 10.9 Å². The Morgan fingerprint density at radius 2 is 2.24 bits per heavy atom. The lowest BCUT2D eigenvalue weighted by atomic mass is 10.2. The first kappa shape index (κ1) is 11.7. The van der Waals surface area contributed by atoms with Gasteiger partial charge in [0.05, 0.1) is 12.0 Å². The fourth-order valence-electron chi connectivity index (χ4n) is 1.78. The van der Waals surface area contributed by atoms with E-state index in [1.807, 2.05) is 27.0 Å². The first-order valence-electron chi connectivity index (χ1n) is 5.51. The number of aromatic nitrogens is 2. The maximum Gasteiger partial charge on any atom is 0.163 e. The van der Waals surface area contributed by atoms with E-state index < -0.39 is 0 Å². The van der Waals surface area contributed by atoms with Crippen molar-refractivity contribution in [2.24, 2.45) is 12.8 Å². The van der Waals surface area contributed by atoms with Crippen molar-refractivity contribution >= 4 is 0 Å². The molecule has 5 heteroatoms. The molecule has 0 aliphatic heterocycles. The Labute approximate surface area is 100 Å². The monoisotopic (exact) mass is 235 g/mol. The van der Waals surface area contributed by atoms with Crippen LogP contribution in [0, 0.1) is 13.8 Å². The van der Waals surface area contributed by atoms with Crippen molar-refractivity contribution in [2.45, 2.75) is 27.0 Å². The Bertz CT molecular complexity index is 514. The largest absolute Gasteiger partial charge is 0.482 e. The fraction of sp³-hybridized carbons (Fsp3) is 0.417. The second kappa shape index (κ2) is 4.63. The van der Waals surface area contributed by atoms with Crippen molar-refractivity contribution in [1.29, 1.82) is 0 Å². The average molecular weight is 235 g/mol. The van der Waals surface area contributed by atoms with Crippen LogP contribution in [-0.4, -0.2) is 9.78 Å². The number of hydrogen-bond acceptors (Lipinski definition) is 4. The van der Waals surface area contributed by atoms with Gasteiger partial charge in [-0.3, -0.25) is 4.68 Å². The van der Waals surface area contributed by atoms with Crippen LogP contribution in [0.2, 0.25) is 0 Å². The average Bonchev–Trinajstić information content (AvgIpc) is 2.84. The summed E-state index contributed by atoms with van der Waals surface area (Å²) in [6, 6.07) is 1.86. The molecular weight excluding hydrogens is 218 g/mol. The van der Waals surface area contributed by atoms with Gasteiger partial charge in [0.1, 0.15) is 18.1 Å². The molecule has 2 N–H and O–H groups in total. The summed E-state index contributed by atoms with van der Waals surface area (Å²) in [6.07, 6.45) is 1.63. The maximum atomic E-state index is 5.74. The Kier molecular flexibility index (Phi) is 3.19. The van der Waals surface area contributed by atoms with E-state index in [0.717, 1.165) is 28.5 Å². The summed E-state index contributed by atoms with van der Waals surface area (Å²) in [5.41, 5.74) is 8.46. The van der Waals surface area contributed by atoms with E-state index in [4.69, 9.17) is 14.9 Å². The molecule has 0 aliphatic rings. The molecule has 0 radical (unpaired) electrons. The van der Waals surface area contributed by atoms with Gasteiger partial charge in [-0.2, -0.15) is 5.10 Å². The Morgan fingerprint density at radius 3 is 2.82 bits per heavy atom. The molecular formula is C12H17N3O2. The third-order valence-corrected chi connectivity index (χ3v) is 2.85. The first-order chi connectivity index (χ1) is 8.13. The summed E-state index contributed by atoms with van der Waals surface area (Å²) >= 11 is 0. The summed E-state index contributed by atoms with van der Waals surface area (Å²) < 4.78 is 12.9. The Hall–Kier alpha value is -1.75. The molecule has 0 atom stereocenters. The summed E-state index contributed by atoms with van der Waals surface area (Å²) in [5.74, 6) is 1.59. The molecule has 0 saturated heterocycles. The highest BCUT2D eigenvalue weighted by Gasteiger charge is 2.12. The second-order valence-electron chi connectivity index (χ2n) is 3.99. The molecule has 2 heterocycles. The zero-order valence-corrected chi connectivity index (χ0v) is 10.4. The molecule has 92 valence electrons. The number of nitrogens with zero attached hydrogens (tertiary/aromatic N) is 2. The minimum Gasteiger partial charge on any atom is -0.482 e. The normalized spacial score (nSPS) is 10.8. The summed E-state index contributed by atoms with van der Waals surface area (Å²) in [7, 11) is 1.90. The number of ether oxygens (including phenoxy) is 1. The highest BCUT2D eigenvalue weighted by Crippen LogP contribution is 2.23. The van der Waals surface area contributed by atoms with E-state index in [0.29, 0.717) is 13.2 Å². The third-order valence-electron chi connectivity index (χ3n) is 2.85. The second-order valence-corrected chi connectivity index (χ2v) is 3.99. The quantitative estimate of drug-likeness (QED) is 0.875. The van der Waals surface area contributed by atoms with Crippen LogP contribution < -0.4 is 10.5 Å². The van der Waals surface area contributed by atoms with Crippen LogP contribution in [0.4, 0.5) is 0 Å². The van der Waals surface area contributed by atoms with E-state index in [-0.39, 0.29) is 0 Å². The molecule has 2 aromatic rings. The fourth-order valence-corrected chi connectivity index (χ4v) is 1.78. The van der Waals surface area contributed by atoms with Crippen LogP contribution in [-0.2, 0) is 20.2 Å². The van der Waals surface area contributed by atoms with Crippen LogP contribution in [0.1, 0.15) is 22.7 Å². The first-order valence-corrected chi connectivity index (χ1v) is 5.51. The molecule has 0 amide bonds. The summed E-state index contributed by atoms with van der Waals surface area (Å²) in [5, 5.41) is 4.29. The number of furan rings is 1. The molecule has 0 unspecified atom stereocenters. The van der Waals surface area contributed by atoms with Gasteiger partial charge < -0.3 is 14.9 Å². The van der Waals surface area contributed by atoms with Gasteiger partial charge in [0.25, 0.3) is 0 Å². The maximum absolute atomic E-state index is 5.74. The van der Waals surface area contributed by atoms with E-state index >= 15 is 0 Å². The molecule has 0 aliphatic carbocycles. The number of aryl methyl sites for hydroxylation is 2. The number of nitrogens with two attached hydrogens (primary N) is 1. The highest BCUT2D eigenvalue weighted by molar-refractivity contribution is 5.32. The third kappa shape index (κ3) is 2.19. The van der Waals surface area contributed by atoms with Crippen LogP contribution in [0.25, 0.3) is 0 Å². The number of hydrogen-bond donors (Lipinski definition) is 1. The molecule has 0 bridgehead atoms.